The van der Waals surface area contributed by atoms with Gasteiger partial charge in [-0.3, -0.25) is 0 Å². The number of aliphatic hydroxyl groups is 1. The Balaban J connectivity index is 2.61. The van der Waals surface area contributed by atoms with Gasteiger partial charge in [-0.2, -0.15) is 8.78 Å². The van der Waals surface area contributed by atoms with Gasteiger partial charge in [0.05, 0.1) is 6.61 Å². The average Bonchev–Trinajstić information content (AvgIpc) is 2.29. The van der Waals surface area contributed by atoms with Crippen molar-refractivity contribution in [2.45, 2.75) is 51.6 Å². The van der Waals surface area contributed by atoms with E-state index >= 15 is 0 Å². The van der Waals surface area contributed by atoms with Crippen LogP contribution in [-0.4, -0.2) is 29.7 Å². The quantitative estimate of drug-likeness (QED) is 0.779. The first kappa shape index (κ1) is 14.4. The number of aliphatic hydroxyl groups excluding tert-OH is 1. The zero-order valence-electron chi connectivity index (χ0n) is 10.3. The summed E-state index contributed by atoms with van der Waals surface area (Å²) in [5, 5.41) is 9.63. The molecule has 100 valence electrons. The number of carbonyl (C=O) groups excluding carboxylic acids is 1. The molecule has 0 aromatic rings. The van der Waals surface area contributed by atoms with Crippen molar-refractivity contribution < 1.29 is 23.4 Å². The second-order valence-electron chi connectivity index (χ2n) is 4.81. The SMILES string of the molecule is CCOC(=O)C(F)(F)C(O)C1CCC(C)CC1. The topological polar surface area (TPSA) is 46.5 Å². The molecule has 1 aliphatic rings. The fraction of sp³-hybridized carbons (Fsp3) is 0.917. The predicted molar refractivity (Wildman–Crippen MR) is 58.7 cm³/mol. The highest BCUT2D eigenvalue weighted by molar-refractivity contribution is 5.78. The van der Waals surface area contributed by atoms with Crippen molar-refractivity contribution in [2.75, 3.05) is 6.61 Å². The lowest BCUT2D eigenvalue weighted by Crippen LogP contribution is -2.47. The second kappa shape index (κ2) is 5.76. The Kier molecular flexibility index (Phi) is 4.86. The van der Waals surface area contributed by atoms with Gasteiger partial charge >= 0.3 is 11.9 Å². The molecule has 1 aliphatic carbocycles. The molecule has 0 aliphatic heterocycles. The minimum Gasteiger partial charge on any atom is -0.461 e. The van der Waals surface area contributed by atoms with Gasteiger partial charge in [-0.05, 0) is 31.6 Å². The van der Waals surface area contributed by atoms with Gasteiger partial charge in [0.1, 0.15) is 6.10 Å². The number of ether oxygens (including phenoxy) is 1. The number of hydrogen-bond donors (Lipinski definition) is 1. The number of rotatable bonds is 4. The molecule has 0 amide bonds. The fourth-order valence-corrected chi connectivity index (χ4v) is 2.25. The first-order valence-electron chi connectivity index (χ1n) is 6.12. The highest BCUT2D eigenvalue weighted by Gasteiger charge is 2.51. The van der Waals surface area contributed by atoms with Gasteiger partial charge in [-0.1, -0.05) is 19.8 Å². The zero-order chi connectivity index (χ0) is 13.1. The summed E-state index contributed by atoms with van der Waals surface area (Å²) in [6, 6.07) is 0. The molecule has 1 unspecified atom stereocenters. The first-order valence-corrected chi connectivity index (χ1v) is 6.12. The Hall–Kier alpha value is -0.710. The number of hydrogen-bond acceptors (Lipinski definition) is 3. The third-order valence-corrected chi connectivity index (χ3v) is 3.43. The van der Waals surface area contributed by atoms with Crippen LogP contribution < -0.4 is 0 Å². The maximum atomic E-state index is 13.6. The molecule has 1 fully saturated rings. The Bertz CT molecular complexity index is 260. The van der Waals surface area contributed by atoms with Crippen LogP contribution in [0.2, 0.25) is 0 Å². The van der Waals surface area contributed by atoms with E-state index in [1.54, 1.807) is 0 Å². The van der Waals surface area contributed by atoms with Crippen molar-refractivity contribution in [3.8, 4) is 0 Å². The molecule has 5 heteroatoms. The third-order valence-electron chi connectivity index (χ3n) is 3.43. The zero-order valence-corrected chi connectivity index (χ0v) is 10.3. The van der Waals surface area contributed by atoms with E-state index in [1.165, 1.54) is 6.92 Å². The van der Waals surface area contributed by atoms with E-state index in [0.717, 1.165) is 12.8 Å². The summed E-state index contributed by atoms with van der Waals surface area (Å²) in [5.41, 5.74) is 0. The van der Waals surface area contributed by atoms with Gasteiger partial charge < -0.3 is 9.84 Å². The molecule has 1 N–H and O–H groups in total. The maximum absolute atomic E-state index is 13.6. The molecule has 0 heterocycles. The van der Waals surface area contributed by atoms with Crippen LogP contribution in [0, 0.1) is 11.8 Å². The third kappa shape index (κ3) is 3.37. The molecule has 17 heavy (non-hydrogen) atoms. The van der Waals surface area contributed by atoms with E-state index in [0.29, 0.717) is 18.8 Å². The molecule has 3 nitrogen and oxygen atoms in total. The summed E-state index contributed by atoms with van der Waals surface area (Å²) >= 11 is 0. The Morgan fingerprint density at radius 3 is 2.41 bits per heavy atom. The van der Waals surface area contributed by atoms with E-state index < -0.39 is 23.9 Å². The number of carbonyl (C=O) groups is 1. The maximum Gasteiger partial charge on any atom is 0.379 e. The molecule has 0 bridgehead atoms. The normalized spacial score (nSPS) is 27.6. The molecule has 0 radical (unpaired) electrons. The highest BCUT2D eigenvalue weighted by Crippen LogP contribution is 2.36. The van der Waals surface area contributed by atoms with Crippen LogP contribution in [-0.2, 0) is 9.53 Å². The fourth-order valence-electron chi connectivity index (χ4n) is 2.25. The minimum absolute atomic E-state index is 0.108. The van der Waals surface area contributed by atoms with Crippen molar-refractivity contribution in [1.29, 1.82) is 0 Å². The number of alkyl halides is 2. The largest absolute Gasteiger partial charge is 0.461 e. The van der Waals surface area contributed by atoms with Crippen LogP contribution >= 0.6 is 0 Å². The van der Waals surface area contributed by atoms with E-state index in [1.807, 2.05) is 0 Å². The number of halogens is 2. The second-order valence-corrected chi connectivity index (χ2v) is 4.81. The molecular formula is C12H20F2O3. The van der Waals surface area contributed by atoms with Gasteiger partial charge in [0, 0.05) is 0 Å². The monoisotopic (exact) mass is 250 g/mol. The molecule has 0 saturated heterocycles. The smallest absolute Gasteiger partial charge is 0.379 e. The predicted octanol–water partition coefficient (Wildman–Crippen LogP) is 2.37. The van der Waals surface area contributed by atoms with E-state index in [4.69, 9.17) is 0 Å². The molecular weight excluding hydrogens is 230 g/mol. The first-order chi connectivity index (χ1) is 7.89. The summed E-state index contributed by atoms with van der Waals surface area (Å²) in [6.45, 7) is 3.41. The summed E-state index contributed by atoms with van der Waals surface area (Å²) in [6.07, 6.45) is 0.796. The van der Waals surface area contributed by atoms with Crippen molar-refractivity contribution >= 4 is 5.97 Å². The standard InChI is InChI=1S/C12H20F2O3/c1-3-17-11(16)12(13,14)10(15)9-6-4-8(2)5-7-9/h8-10,15H,3-7H2,1-2H3. The van der Waals surface area contributed by atoms with Crippen LogP contribution in [0.15, 0.2) is 0 Å². The van der Waals surface area contributed by atoms with Gasteiger partial charge in [0.2, 0.25) is 0 Å². The molecule has 1 rings (SSSR count). The molecule has 1 saturated carbocycles. The molecule has 0 aromatic carbocycles. The summed E-state index contributed by atoms with van der Waals surface area (Å²) in [7, 11) is 0. The van der Waals surface area contributed by atoms with E-state index in [-0.39, 0.29) is 6.61 Å². The van der Waals surface area contributed by atoms with Gasteiger partial charge in [0.15, 0.2) is 0 Å². The van der Waals surface area contributed by atoms with Gasteiger partial charge in [-0.25, -0.2) is 4.79 Å². The summed E-state index contributed by atoms with van der Waals surface area (Å²) in [5.74, 6) is -5.41. The summed E-state index contributed by atoms with van der Waals surface area (Å²) in [4.78, 5) is 11.1. The van der Waals surface area contributed by atoms with Crippen LogP contribution in [0.25, 0.3) is 0 Å². The van der Waals surface area contributed by atoms with Gasteiger partial charge in [-0.15, -0.1) is 0 Å². The van der Waals surface area contributed by atoms with Crippen molar-refractivity contribution in [3.05, 3.63) is 0 Å². The van der Waals surface area contributed by atoms with Crippen LogP contribution in [0.4, 0.5) is 8.78 Å². The molecule has 0 spiro atoms. The van der Waals surface area contributed by atoms with Gasteiger partial charge in [0.25, 0.3) is 0 Å². The lowest BCUT2D eigenvalue weighted by molar-refractivity contribution is -0.195. The molecule has 1 atom stereocenters. The Morgan fingerprint density at radius 2 is 1.94 bits per heavy atom. The Labute approximate surface area is 100 Å². The van der Waals surface area contributed by atoms with E-state index in [9.17, 15) is 18.7 Å². The Morgan fingerprint density at radius 1 is 1.41 bits per heavy atom. The van der Waals surface area contributed by atoms with Crippen molar-refractivity contribution in [2.24, 2.45) is 11.8 Å². The van der Waals surface area contributed by atoms with Crippen molar-refractivity contribution in [1.82, 2.24) is 0 Å². The van der Waals surface area contributed by atoms with Crippen LogP contribution in [0.3, 0.4) is 0 Å². The summed E-state index contributed by atoms with van der Waals surface area (Å²) < 4.78 is 31.4. The van der Waals surface area contributed by atoms with Crippen molar-refractivity contribution in [3.63, 3.8) is 0 Å². The van der Waals surface area contributed by atoms with Crippen LogP contribution in [0.1, 0.15) is 39.5 Å². The van der Waals surface area contributed by atoms with Crippen LogP contribution in [0.5, 0.6) is 0 Å². The highest BCUT2D eigenvalue weighted by atomic mass is 19.3. The average molecular weight is 250 g/mol. The minimum atomic E-state index is -3.79. The van der Waals surface area contributed by atoms with E-state index in [2.05, 4.69) is 11.7 Å². The molecule has 0 aromatic heterocycles. The lowest BCUT2D eigenvalue weighted by atomic mass is 9.78. The lowest BCUT2D eigenvalue weighted by Gasteiger charge is -2.32. The number of esters is 1.